The highest BCUT2D eigenvalue weighted by molar-refractivity contribution is 7.86. The lowest BCUT2D eigenvalue weighted by Gasteiger charge is -2.08. The first-order valence-electron chi connectivity index (χ1n) is 13.3. The summed E-state index contributed by atoms with van der Waals surface area (Å²) < 4.78 is 69.2. The molecule has 218 valence electrons. The molecule has 7 rings (SSSR count). The first kappa shape index (κ1) is 27.7. The van der Waals surface area contributed by atoms with Crippen molar-refractivity contribution >= 4 is 66.6 Å². The van der Waals surface area contributed by atoms with Crippen LogP contribution in [0, 0.1) is 0 Å². The van der Waals surface area contributed by atoms with E-state index < -0.39 is 20.2 Å². The number of aromatic nitrogens is 4. The van der Waals surface area contributed by atoms with Crippen LogP contribution >= 0.6 is 0 Å². The second-order valence-corrected chi connectivity index (χ2v) is 13.0. The highest BCUT2D eigenvalue weighted by Gasteiger charge is 2.13. The summed E-state index contributed by atoms with van der Waals surface area (Å²) in [7, 11) is -8.67. The Kier molecular flexibility index (Phi) is 6.44. The van der Waals surface area contributed by atoms with E-state index in [1.807, 2.05) is 82.0 Å². The van der Waals surface area contributed by atoms with Gasteiger partial charge in [0.25, 0.3) is 20.2 Å². The maximum atomic E-state index is 11.6. The molecule has 3 aromatic heterocycles. The smallest absolute Gasteiger partial charge is 0.294 e. The molecule has 0 aliphatic carbocycles. The van der Waals surface area contributed by atoms with E-state index in [9.17, 15) is 25.9 Å². The van der Waals surface area contributed by atoms with Crippen LogP contribution in [0.4, 0.5) is 0 Å². The van der Waals surface area contributed by atoms with Crippen LogP contribution < -0.4 is 0 Å². The zero-order chi connectivity index (χ0) is 30.6. The maximum Gasteiger partial charge on any atom is 0.294 e. The van der Waals surface area contributed by atoms with E-state index in [4.69, 9.17) is 9.97 Å². The predicted octanol–water partition coefficient (Wildman–Crippen LogP) is 6.07. The van der Waals surface area contributed by atoms with Gasteiger partial charge in [-0.1, -0.05) is 0 Å². The van der Waals surface area contributed by atoms with E-state index in [1.165, 1.54) is 24.3 Å². The van der Waals surface area contributed by atoms with Crippen molar-refractivity contribution in [1.29, 1.82) is 0 Å². The Morgan fingerprint density at radius 3 is 0.955 bits per heavy atom. The average molecular weight is 623 g/mol. The number of rotatable bonds is 4. The van der Waals surface area contributed by atoms with Crippen molar-refractivity contribution in [3.63, 3.8) is 0 Å². The molecule has 12 heteroatoms. The molecular formula is C32H22N4O6S2. The van der Waals surface area contributed by atoms with Crippen LogP contribution in [-0.2, 0) is 20.2 Å². The van der Waals surface area contributed by atoms with Crippen molar-refractivity contribution in [1.82, 2.24) is 19.1 Å². The summed E-state index contributed by atoms with van der Waals surface area (Å²) >= 11 is 0. The molecule has 8 bridgehead atoms. The van der Waals surface area contributed by atoms with E-state index in [0.717, 1.165) is 22.1 Å². The normalized spacial score (nSPS) is 13.0. The molecule has 2 aliphatic heterocycles. The largest absolute Gasteiger partial charge is 0.310 e. The lowest BCUT2D eigenvalue weighted by atomic mass is 10.3. The van der Waals surface area contributed by atoms with Crippen molar-refractivity contribution in [2.24, 2.45) is 0 Å². The van der Waals surface area contributed by atoms with Gasteiger partial charge in [-0.3, -0.25) is 9.11 Å². The molecule has 44 heavy (non-hydrogen) atoms. The maximum absolute atomic E-state index is 11.6. The van der Waals surface area contributed by atoms with Gasteiger partial charge in [0.05, 0.1) is 32.6 Å². The summed E-state index contributed by atoms with van der Waals surface area (Å²) in [5.74, 6) is 0. The van der Waals surface area contributed by atoms with Crippen LogP contribution in [0.1, 0.15) is 22.8 Å². The summed E-state index contributed by atoms with van der Waals surface area (Å²) in [5, 5.41) is 0. The van der Waals surface area contributed by atoms with Crippen molar-refractivity contribution in [2.75, 3.05) is 0 Å². The zero-order valence-electron chi connectivity index (χ0n) is 22.7. The van der Waals surface area contributed by atoms with Gasteiger partial charge in [0.2, 0.25) is 0 Å². The van der Waals surface area contributed by atoms with Crippen LogP contribution in [0.3, 0.4) is 0 Å². The van der Waals surface area contributed by atoms with E-state index >= 15 is 0 Å². The van der Waals surface area contributed by atoms with Crippen LogP contribution in [-0.4, -0.2) is 45.0 Å². The molecule has 2 N–H and O–H groups in total. The number of hydrogen-bond donors (Lipinski definition) is 2. The standard InChI is InChI=1S/C32H22N4O6S2/c37-43(38,39)31-13-9-25(10-14-31)35-27-5-6-29(35)19-23-3-4-24(34-23)20-30-8-7-28(18-22-2-1-21(17-27)33-22)36(30)26-11-15-32(16-12-26)44(40,41)42/h1-20H,(H,37,38,39)(H,40,41,42). The number of nitrogens with zero attached hydrogens (tertiary/aromatic N) is 4. The fourth-order valence-electron chi connectivity index (χ4n) is 5.24. The molecule has 0 amide bonds. The van der Waals surface area contributed by atoms with E-state index in [0.29, 0.717) is 34.2 Å². The van der Waals surface area contributed by atoms with Crippen LogP contribution in [0.15, 0.2) is 107 Å². The number of hydrogen-bond acceptors (Lipinski definition) is 6. The van der Waals surface area contributed by atoms with Crippen molar-refractivity contribution in [3.8, 4) is 11.4 Å². The Morgan fingerprint density at radius 2 is 0.705 bits per heavy atom. The van der Waals surface area contributed by atoms with Gasteiger partial charge in [-0.15, -0.1) is 0 Å². The van der Waals surface area contributed by atoms with Gasteiger partial charge in [-0.05, 0) is 121 Å². The minimum absolute atomic E-state index is 0.198. The first-order chi connectivity index (χ1) is 21.0. The van der Waals surface area contributed by atoms with Gasteiger partial charge in [0.1, 0.15) is 0 Å². The summed E-state index contributed by atoms with van der Waals surface area (Å²) in [6.07, 6.45) is 7.55. The SMILES string of the molecule is O=S(=O)(O)c1ccc(-n2c3ccc2cc2nc(cc4ccc(cc5nc(c3)C=C5)n4-c3ccc(S(=O)(=O)O)cc3)C=C2)cc1. The molecule has 0 radical (unpaired) electrons. The third-order valence-corrected chi connectivity index (χ3v) is 8.95. The van der Waals surface area contributed by atoms with Crippen LogP contribution in [0.5, 0.6) is 0 Å². The molecule has 5 aromatic rings. The third-order valence-electron chi connectivity index (χ3n) is 7.22. The monoisotopic (exact) mass is 622 g/mol. The van der Waals surface area contributed by atoms with Crippen molar-refractivity contribution < 1.29 is 25.9 Å². The van der Waals surface area contributed by atoms with Crippen molar-refractivity contribution in [2.45, 2.75) is 9.79 Å². The third kappa shape index (κ3) is 5.27. The Balaban J connectivity index is 1.48. The summed E-state index contributed by atoms with van der Waals surface area (Å²) in [4.78, 5) is 9.18. The lowest BCUT2D eigenvalue weighted by Crippen LogP contribution is -1.99. The van der Waals surface area contributed by atoms with Gasteiger partial charge in [-0.25, -0.2) is 9.97 Å². The Morgan fingerprint density at radius 1 is 0.432 bits per heavy atom. The van der Waals surface area contributed by atoms with Crippen molar-refractivity contribution in [3.05, 3.63) is 120 Å². The molecule has 0 unspecified atom stereocenters. The quantitative estimate of drug-likeness (QED) is 0.225. The van der Waals surface area contributed by atoms with Gasteiger partial charge in [-0.2, -0.15) is 16.8 Å². The molecular weight excluding hydrogens is 601 g/mol. The molecule has 0 fully saturated rings. The summed E-state index contributed by atoms with van der Waals surface area (Å²) in [6.45, 7) is 0. The van der Waals surface area contributed by atoms with E-state index in [2.05, 4.69) is 0 Å². The molecule has 10 nitrogen and oxygen atoms in total. The second-order valence-electron chi connectivity index (χ2n) is 10.1. The molecule has 0 saturated carbocycles. The topological polar surface area (TPSA) is 144 Å². The summed E-state index contributed by atoms with van der Waals surface area (Å²) in [6, 6.07) is 27.3. The van der Waals surface area contributed by atoms with Crippen LogP contribution in [0.2, 0.25) is 0 Å². The highest BCUT2D eigenvalue weighted by atomic mass is 32.2. The first-order valence-corrected chi connectivity index (χ1v) is 16.2. The van der Waals surface area contributed by atoms with E-state index in [1.54, 1.807) is 24.3 Å². The van der Waals surface area contributed by atoms with Crippen LogP contribution in [0.25, 0.3) is 57.7 Å². The Hall–Kier alpha value is -5.14. The molecule has 0 atom stereocenters. The average Bonchev–Trinajstić information content (AvgIpc) is 3.77. The fraction of sp³-hybridized carbons (Fsp3) is 0. The minimum atomic E-state index is -4.34. The Labute approximate surface area is 252 Å². The molecule has 0 saturated heterocycles. The molecule has 5 heterocycles. The predicted molar refractivity (Wildman–Crippen MR) is 168 cm³/mol. The molecule has 0 spiro atoms. The van der Waals surface area contributed by atoms with Gasteiger partial charge < -0.3 is 9.13 Å². The van der Waals surface area contributed by atoms with E-state index in [-0.39, 0.29) is 9.79 Å². The molecule has 2 aliphatic rings. The van der Waals surface area contributed by atoms with Gasteiger partial charge >= 0.3 is 0 Å². The minimum Gasteiger partial charge on any atom is -0.310 e. The number of benzene rings is 2. The lowest BCUT2D eigenvalue weighted by molar-refractivity contribution is 0.481. The second kappa shape index (κ2) is 10.2. The van der Waals surface area contributed by atoms with Gasteiger partial charge in [0.15, 0.2) is 0 Å². The Bertz CT molecular complexity index is 2160. The molecule has 2 aromatic carbocycles. The number of fused-ring (bicyclic) bond motifs is 8. The van der Waals surface area contributed by atoms with Gasteiger partial charge in [0, 0.05) is 33.4 Å². The summed E-state index contributed by atoms with van der Waals surface area (Å²) in [5.41, 5.74) is 7.29. The fourth-order valence-corrected chi connectivity index (χ4v) is 6.20. The highest BCUT2D eigenvalue weighted by Crippen LogP contribution is 2.26. The zero-order valence-corrected chi connectivity index (χ0v) is 24.3.